The van der Waals surface area contributed by atoms with Crippen molar-refractivity contribution in [1.29, 1.82) is 0 Å². The van der Waals surface area contributed by atoms with Gasteiger partial charge in [0.05, 0.1) is 23.6 Å². The molecule has 7 heteroatoms. The van der Waals surface area contributed by atoms with Crippen molar-refractivity contribution < 1.29 is 4.39 Å². The number of hydrogen-bond acceptors (Lipinski definition) is 5. The summed E-state index contributed by atoms with van der Waals surface area (Å²) in [5, 5.41) is 12.9. The molecule has 0 radical (unpaired) electrons. The first-order chi connectivity index (χ1) is 12.6. The SMILES string of the molecule is CC(C)n1cc(CNC2CCCc3sc(-c4ccc(F)cc4)nc32)nn1. The Bertz CT molecular complexity index is 884. The summed E-state index contributed by atoms with van der Waals surface area (Å²) in [4.78, 5) is 6.20. The van der Waals surface area contributed by atoms with Crippen LogP contribution in [0.2, 0.25) is 0 Å². The second-order valence-electron chi connectivity index (χ2n) is 6.94. The quantitative estimate of drug-likeness (QED) is 0.727. The summed E-state index contributed by atoms with van der Waals surface area (Å²) < 4.78 is 15.0. The monoisotopic (exact) mass is 371 g/mol. The number of rotatable bonds is 5. The van der Waals surface area contributed by atoms with Gasteiger partial charge in [0.2, 0.25) is 0 Å². The molecule has 0 saturated heterocycles. The molecular formula is C19H22FN5S. The minimum absolute atomic E-state index is 0.218. The van der Waals surface area contributed by atoms with Gasteiger partial charge in [-0.3, -0.25) is 0 Å². The molecule has 1 N–H and O–H groups in total. The minimum atomic E-state index is -0.218. The Labute approximate surface area is 156 Å². The van der Waals surface area contributed by atoms with Crippen LogP contribution in [-0.4, -0.2) is 20.0 Å². The minimum Gasteiger partial charge on any atom is -0.303 e. The van der Waals surface area contributed by atoms with Crippen LogP contribution in [0.3, 0.4) is 0 Å². The third kappa shape index (κ3) is 3.54. The molecule has 1 aromatic carbocycles. The third-order valence-corrected chi connectivity index (χ3v) is 5.84. The first-order valence-corrected chi connectivity index (χ1v) is 9.81. The van der Waals surface area contributed by atoms with Gasteiger partial charge in [-0.1, -0.05) is 5.21 Å². The first-order valence-electron chi connectivity index (χ1n) is 9.00. The van der Waals surface area contributed by atoms with Gasteiger partial charge in [0.15, 0.2) is 0 Å². The number of fused-ring (bicyclic) bond motifs is 1. The average molecular weight is 371 g/mol. The van der Waals surface area contributed by atoms with E-state index in [1.54, 1.807) is 23.5 Å². The molecule has 26 heavy (non-hydrogen) atoms. The van der Waals surface area contributed by atoms with E-state index < -0.39 is 0 Å². The summed E-state index contributed by atoms with van der Waals surface area (Å²) in [6.07, 6.45) is 5.27. The van der Waals surface area contributed by atoms with E-state index in [1.807, 2.05) is 10.9 Å². The molecule has 2 aromatic heterocycles. The number of thiazole rings is 1. The highest BCUT2D eigenvalue weighted by atomic mass is 32.1. The average Bonchev–Trinajstić information content (AvgIpc) is 3.27. The number of nitrogens with zero attached hydrogens (tertiary/aromatic N) is 4. The van der Waals surface area contributed by atoms with Crippen LogP contribution in [-0.2, 0) is 13.0 Å². The van der Waals surface area contributed by atoms with Crippen LogP contribution in [0.5, 0.6) is 0 Å². The maximum Gasteiger partial charge on any atom is 0.123 e. The van der Waals surface area contributed by atoms with Crippen LogP contribution in [0, 0.1) is 5.82 Å². The Morgan fingerprint density at radius 1 is 1.31 bits per heavy atom. The van der Waals surface area contributed by atoms with Crippen LogP contribution < -0.4 is 5.32 Å². The lowest BCUT2D eigenvalue weighted by atomic mass is 9.97. The summed E-state index contributed by atoms with van der Waals surface area (Å²) in [7, 11) is 0. The molecular weight excluding hydrogens is 349 g/mol. The van der Waals surface area contributed by atoms with Gasteiger partial charge in [0.1, 0.15) is 10.8 Å². The predicted molar refractivity (Wildman–Crippen MR) is 100 cm³/mol. The number of aromatic nitrogens is 4. The molecule has 1 unspecified atom stereocenters. The summed E-state index contributed by atoms with van der Waals surface area (Å²) in [5.74, 6) is -0.218. The van der Waals surface area contributed by atoms with Crippen molar-refractivity contribution in [2.24, 2.45) is 0 Å². The van der Waals surface area contributed by atoms with Gasteiger partial charge in [-0.05, 0) is 57.4 Å². The Morgan fingerprint density at radius 2 is 2.12 bits per heavy atom. The summed E-state index contributed by atoms with van der Waals surface area (Å²) in [5.41, 5.74) is 3.06. The lowest BCUT2D eigenvalue weighted by molar-refractivity contribution is 0.450. The zero-order valence-corrected chi connectivity index (χ0v) is 15.8. The number of nitrogens with one attached hydrogen (secondary N) is 1. The normalized spacial score (nSPS) is 16.8. The van der Waals surface area contributed by atoms with Crippen LogP contribution in [0.4, 0.5) is 4.39 Å². The van der Waals surface area contributed by atoms with Gasteiger partial charge in [0.25, 0.3) is 0 Å². The Balaban J connectivity index is 1.50. The highest BCUT2D eigenvalue weighted by molar-refractivity contribution is 7.15. The number of halogens is 1. The zero-order valence-electron chi connectivity index (χ0n) is 14.9. The maximum absolute atomic E-state index is 13.2. The Morgan fingerprint density at radius 3 is 2.85 bits per heavy atom. The molecule has 136 valence electrons. The highest BCUT2D eigenvalue weighted by Gasteiger charge is 2.25. The fourth-order valence-electron chi connectivity index (χ4n) is 3.21. The topological polar surface area (TPSA) is 55.6 Å². The fraction of sp³-hybridized carbons (Fsp3) is 0.421. The van der Waals surface area contributed by atoms with E-state index in [2.05, 4.69) is 29.5 Å². The lowest BCUT2D eigenvalue weighted by Crippen LogP contribution is -2.24. The van der Waals surface area contributed by atoms with Gasteiger partial charge in [0, 0.05) is 23.0 Å². The number of benzene rings is 1. The highest BCUT2D eigenvalue weighted by Crippen LogP contribution is 2.37. The fourth-order valence-corrected chi connectivity index (χ4v) is 4.38. The van der Waals surface area contributed by atoms with Crippen molar-refractivity contribution in [2.75, 3.05) is 0 Å². The molecule has 0 amide bonds. The third-order valence-electron chi connectivity index (χ3n) is 4.66. The second kappa shape index (κ2) is 7.25. The molecule has 0 fully saturated rings. The van der Waals surface area contributed by atoms with E-state index in [0.29, 0.717) is 12.6 Å². The molecule has 0 spiro atoms. The van der Waals surface area contributed by atoms with Crippen molar-refractivity contribution in [3.05, 3.63) is 52.5 Å². The van der Waals surface area contributed by atoms with E-state index in [1.165, 1.54) is 17.0 Å². The molecule has 2 heterocycles. The standard InChI is InChI=1S/C19H22FN5S/c1-12(2)25-11-15(23-24-25)10-21-16-4-3-5-17-18(16)22-19(26-17)13-6-8-14(20)9-7-13/h6-9,11-12,16,21H,3-5,10H2,1-2H3. The van der Waals surface area contributed by atoms with Gasteiger partial charge in [-0.2, -0.15) is 0 Å². The van der Waals surface area contributed by atoms with E-state index >= 15 is 0 Å². The van der Waals surface area contributed by atoms with E-state index in [4.69, 9.17) is 4.98 Å². The molecule has 0 aliphatic heterocycles. The Hall–Kier alpha value is -2.12. The first kappa shape index (κ1) is 17.3. The van der Waals surface area contributed by atoms with Gasteiger partial charge >= 0.3 is 0 Å². The number of aryl methyl sites for hydroxylation is 1. The Kier molecular flexibility index (Phi) is 4.82. The molecule has 1 aliphatic carbocycles. The van der Waals surface area contributed by atoms with E-state index in [-0.39, 0.29) is 11.9 Å². The van der Waals surface area contributed by atoms with Gasteiger partial charge in [-0.15, -0.1) is 16.4 Å². The lowest BCUT2D eigenvalue weighted by Gasteiger charge is -2.21. The summed E-state index contributed by atoms with van der Waals surface area (Å²) in [6.45, 7) is 4.86. The van der Waals surface area contributed by atoms with Gasteiger partial charge in [-0.25, -0.2) is 14.1 Å². The summed E-state index contributed by atoms with van der Waals surface area (Å²) >= 11 is 1.72. The van der Waals surface area contributed by atoms with Crippen molar-refractivity contribution in [3.63, 3.8) is 0 Å². The molecule has 0 saturated carbocycles. The molecule has 4 rings (SSSR count). The zero-order chi connectivity index (χ0) is 18.1. The van der Waals surface area contributed by atoms with Gasteiger partial charge < -0.3 is 5.32 Å². The molecule has 5 nitrogen and oxygen atoms in total. The molecule has 1 aliphatic rings. The number of hydrogen-bond donors (Lipinski definition) is 1. The van der Waals surface area contributed by atoms with Crippen molar-refractivity contribution >= 4 is 11.3 Å². The molecule has 0 bridgehead atoms. The van der Waals surface area contributed by atoms with Crippen molar-refractivity contribution in [1.82, 2.24) is 25.3 Å². The van der Waals surface area contributed by atoms with E-state index in [9.17, 15) is 4.39 Å². The van der Waals surface area contributed by atoms with Crippen LogP contribution in [0.15, 0.2) is 30.5 Å². The van der Waals surface area contributed by atoms with Crippen molar-refractivity contribution in [3.8, 4) is 10.6 Å². The molecule has 1 atom stereocenters. The largest absolute Gasteiger partial charge is 0.303 e. The van der Waals surface area contributed by atoms with E-state index in [0.717, 1.165) is 41.2 Å². The maximum atomic E-state index is 13.2. The van der Waals surface area contributed by atoms with Crippen LogP contribution in [0.25, 0.3) is 10.6 Å². The summed E-state index contributed by atoms with van der Waals surface area (Å²) in [6, 6.07) is 7.12. The second-order valence-corrected chi connectivity index (χ2v) is 8.03. The van der Waals surface area contributed by atoms with Crippen LogP contribution >= 0.6 is 11.3 Å². The van der Waals surface area contributed by atoms with Crippen LogP contribution in [0.1, 0.15) is 55.0 Å². The van der Waals surface area contributed by atoms with Crippen molar-refractivity contribution in [2.45, 2.75) is 51.7 Å². The molecule has 3 aromatic rings. The smallest absolute Gasteiger partial charge is 0.123 e. The predicted octanol–water partition coefficient (Wildman–Crippen LogP) is 4.29.